The minimum atomic E-state index is -0.836. The van der Waals surface area contributed by atoms with Crippen LogP contribution < -0.4 is 9.64 Å². The van der Waals surface area contributed by atoms with E-state index in [-0.39, 0.29) is 12.3 Å². The third kappa shape index (κ3) is 3.18. The Hall–Kier alpha value is -2.82. The maximum Gasteiger partial charge on any atom is 0.303 e. The van der Waals surface area contributed by atoms with Crippen molar-refractivity contribution in [2.24, 2.45) is 0 Å². The molecule has 0 fully saturated rings. The van der Waals surface area contributed by atoms with E-state index >= 15 is 0 Å². The zero-order valence-corrected chi connectivity index (χ0v) is 12.6. The van der Waals surface area contributed by atoms with Crippen LogP contribution in [-0.2, 0) is 11.3 Å². The van der Waals surface area contributed by atoms with Crippen LogP contribution in [0.15, 0.2) is 48.5 Å². The van der Waals surface area contributed by atoms with Crippen molar-refractivity contribution >= 4 is 17.6 Å². The number of hydrogen-bond donors (Lipinski definition) is 1. The quantitative estimate of drug-likeness (QED) is 0.833. The summed E-state index contributed by atoms with van der Waals surface area (Å²) in [7, 11) is 0. The summed E-state index contributed by atoms with van der Waals surface area (Å²) < 4.78 is 5.69. The van der Waals surface area contributed by atoms with Crippen molar-refractivity contribution in [2.75, 3.05) is 11.5 Å². The van der Waals surface area contributed by atoms with Gasteiger partial charge in [0.1, 0.15) is 5.75 Å². The van der Waals surface area contributed by atoms with Gasteiger partial charge in [0.25, 0.3) is 5.91 Å². The highest BCUT2D eigenvalue weighted by atomic mass is 16.5. The summed E-state index contributed by atoms with van der Waals surface area (Å²) in [6, 6.07) is 14.9. The lowest BCUT2D eigenvalue weighted by Crippen LogP contribution is -2.22. The average molecular weight is 311 g/mol. The van der Waals surface area contributed by atoms with Gasteiger partial charge in [-0.3, -0.25) is 9.59 Å². The van der Waals surface area contributed by atoms with Gasteiger partial charge in [0.05, 0.1) is 13.2 Å². The molecule has 0 atom stereocenters. The van der Waals surface area contributed by atoms with E-state index in [9.17, 15) is 9.59 Å². The zero-order chi connectivity index (χ0) is 16.2. The summed E-state index contributed by atoms with van der Waals surface area (Å²) in [5, 5.41) is 8.65. The molecule has 2 aromatic carbocycles. The molecule has 1 N–H and O–H groups in total. The number of para-hydroxylation sites is 1. The molecule has 0 aliphatic carbocycles. The number of anilines is 1. The van der Waals surface area contributed by atoms with Gasteiger partial charge in [0.15, 0.2) is 0 Å². The molecule has 5 nitrogen and oxygen atoms in total. The Kier molecular flexibility index (Phi) is 4.28. The molecule has 0 radical (unpaired) electrons. The van der Waals surface area contributed by atoms with Gasteiger partial charge in [-0.2, -0.15) is 0 Å². The van der Waals surface area contributed by atoms with Gasteiger partial charge >= 0.3 is 5.97 Å². The molecule has 2 aromatic rings. The summed E-state index contributed by atoms with van der Waals surface area (Å²) >= 11 is 0. The number of carboxylic acid groups (broad SMARTS) is 1. The van der Waals surface area contributed by atoms with Gasteiger partial charge in [0.2, 0.25) is 0 Å². The Morgan fingerprint density at radius 1 is 1.13 bits per heavy atom. The Morgan fingerprint density at radius 3 is 2.65 bits per heavy atom. The lowest BCUT2D eigenvalue weighted by Gasteiger charge is -2.15. The highest BCUT2D eigenvalue weighted by Crippen LogP contribution is 2.33. The van der Waals surface area contributed by atoms with Crippen molar-refractivity contribution in [3.8, 4) is 5.75 Å². The van der Waals surface area contributed by atoms with Crippen LogP contribution in [0.5, 0.6) is 5.75 Å². The number of carboxylic acids is 1. The molecule has 3 rings (SSSR count). The minimum Gasteiger partial charge on any atom is -0.493 e. The second-order valence-corrected chi connectivity index (χ2v) is 5.35. The Bertz CT molecular complexity index is 727. The van der Waals surface area contributed by atoms with Crippen LogP contribution in [-0.4, -0.2) is 23.6 Å². The van der Waals surface area contributed by atoms with Crippen LogP contribution in [0, 0.1) is 0 Å². The molecule has 0 saturated heterocycles. The van der Waals surface area contributed by atoms with Crippen molar-refractivity contribution in [3.63, 3.8) is 0 Å². The molecule has 1 aliphatic rings. The lowest BCUT2D eigenvalue weighted by molar-refractivity contribution is -0.137. The normalized spacial score (nSPS) is 13.0. The number of aliphatic carboxylic acids is 1. The number of fused-ring (bicyclic) bond motifs is 1. The van der Waals surface area contributed by atoms with E-state index in [0.717, 1.165) is 11.3 Å². The van der Waals surface area contributed by atoms with E-state index in [0.29, 0.717) is 30.9 Å². The van der Waals surface area contributed by atoms with Crippen molar-refractivity contribution in [1.29, 1.82) is 0 Å². The highest BCUT2D eigenvalue weighted by Gasteiger charge is 2.30. The molecule has 0 spiro atoms. The molecule has 0 unspecified atom stereocenters. The van der Waals surface area contributed by atoms with Gasteiger partial charge < -0.3 is 14.7 Å². The number of amides is 1. The number of hydrogen-bond acceptors (Lipinski definition) is 3. The first-order valence-corrected chi connectivity index (χ1v) is 7.50. The smallest absolute Gasteiger partial charge is 0.303 e. The maximum atomic E-state index is 12.6. The van der Waals surface area contributed by atoms with Gasteiger partial charge in [-0.1, -0.05) is 24.3 Å². The zero-order valence-electron chi connectivity index (χ0n) is 12.6. The van der Waals surface area contributed by atoms with Crippen LogP contribution in [0.1, 0.15) is 28.8 Å². The summed E-state index contributed by atoms with van der Waals surface area (Å²) in [5.41, 5.74) is 2.35. The van der Waals surface area contributed by atoms with Crippen LogP contribution in [0.4, 0.5) is 5.69 Å². The summed E-state index contributed by atoms with van der Waals surface area (Å²) in [4.78, 5) is 24.8. The number of carbonyl (C=O) groups excluding carboxylic acids is 1. The van der Waals surface area contributed by atoms with E-state index < -0.39 is 5.97 Å². The van der Waals surface area contributed by atoms with Crippen molar-refractivity contribution in [3.05, 3.63) is 59.7 Å². The first-order chi connectivity index (χ1) is 11.2. The number of ether oxygens (including phenoxy) is 1. The third-order valence-corrected chi connectivity index (χ3v) is 3.79. The molecule has 118 valence electrons. The topological polar surface area (TPSA) is 66.8 Å². The van der Waals surface area contributed by atoms with Crippen LogP contribution in [0.3, 0.4) is 0 Å². The van der Waals surface area contributed by atoms with Gasteiger partial charge in [-0.25, -0.2) is 0 Å². The molecule has 1 aliphatic heterocycles. The molecule has 23 heavy (non-hydrogen) atoms. The lowest BCUT2D eigenvalue weighted by atomic mass is 10.1. The SMILES string of the molecule is O=C(O)CCCOc1cccc2c1CN(c1ccccc1)C2=O. The maximum absolute atomic E-state index is 12.6. The molecule has 1 heterocycles. The van der Waals surface area contributed by atoms with Gasteiger partial charge in [0, 0.05) is 23.2 Å². The Balaban J connectivity index is 1.76. The molecular formula is C18H17NO4. The molecule has 0 bridgehead atoms. The molecule has 0 saturated carbocycles. The van der Waals surface area contributed by atoms with Crippen LogP contribution >= 0.6 is 0 Å². The second-order valence-electron chi connectivity index (χ2n) is 5.35. The molecule has 0 aromatic heterocycles. The van der Waals surface area contributed by atoms with Gasteiger partial charge in [-0.15, -0.1) is 0 Å². The molecular weight excluding hydrogens is 294 g/mol. The predicted octanol–water partition coefficient (Wildman–Crippen LogP) is 3.09. The van der Waals surface area contributed by atoms with Crippen LogP contribution in [0.2, 0.25) is 0 Å². The van der Waals surface area contributed by atoms with E-state index in [4.69, 9.17) is 9.84 Å². The van der Waals surface area contributed by atoms with Crippen molar-refractivity contribution in [1.82, 2.24) is 0 Å². The number of carbonyl (C=O) groups is 2. The number of nitrogens with zero attached hydrogens (tertiary/aromatic N) is 1. The fourth-order valence-corrected chi connectivity index (χ4v) is 2.66. The Morgan fingerprint density at radius 2 is 1.91 bits per heavy atom. The fraction of sp³-hybridized carbons (Fsp3) is 0.222. The highest BCUT2D eigenvalue weighted by molar-refractivity contribution is 6.10. The molecule has 5 heteroatoms. The van der Waals surface area contributed by atoms with E-state index in [1.165, 1.54) is 0 Å². The number of benzene rings is 2. The molecule has 1 amide bonds. The average Bonchev–Trinajstić information content (AvgIpc) is 2.90. The minimum absolute atomic E-state index is 0.0396. The van der Waals surface area contributed by atoms with E-state index in [1.807, 2.05) is 36.4 Å². The first kappa shape index (κ1) is 15.1. The Labute approximate surface area is 134 Å². The number of rotatable bonds is 6. The van der Waals surface area contributed by atoms with E-state index in [1.54, 1.807) is 17.0 Å². The third-order valence-electron chi connectivity index (χ3n) is 3.79. The fourth-order valence-electron chi connectivity index (χ4n) is 2.66. The van der Waals surface area contributed by atoms with E-state index in [2.05, 4.69) is 0 Å². The van der Waals surface area contributed by atoms with Crippen molar-refractivity contribution < 1.29 is 19.4 Å². The summed E-state index contributed by atoms with van der Waals surface area (Å²) in [6.07, 6.45) is 0.513. The monoisotopic (exact) mass is 311 g/mol. The summed E-state index contributed by atoms with van der Waals surface area (Å²) in [6.45, 7) is 0.787. The van der Waals surface area contributed by atoms with Gasteiger partial charge in [-0.05, 0) is 30.7 Å². The van der Waals surface area contributed by atoms with Crippen LogP contribution in [0.25, 0.3) is 0 Å². The second kappa shape index (κ2) is 6.52. The van der Waals surface area contributed by atoms with Crippen molar-refractivity contribution in [2.45, 2.75) is 19.4 Å². The first-order valence-electron chi connectivity index (χ1n) is 7.50. The summed E-state index contributed by atoms with van der Waals surface area (Å²) in [5.74, 6) is -0.223. The largest absolute Gasteiger partial charge is 0.493 e. The standard InChI is InChI=1S/C18H17NO4/c20-17(21)10-5-11-23-16-9-4-8-14-15(16)12-19(18(14)22)13-6-2-1-3-7-13/h1-4,6-9H,5,10-12H2,(H,20,21). The predicted molar refractivity (Wildman–Crippen MR) is 85.8 cm³/mol.